The van der Waals surface area contributed by atoms with Gasteiger partial charge in [0.2, 0.25) is 15.9 Å². The predicted octanol–water partition coefficient (Wildman–Crippen LogP) is 1.33. The molecule has 1 amide bonds. The maximum atomic E-state index is 13.5. The molecule has 0 atom stereocenters. The van der Waals surface area contributed by atoms with E-state index < -0.39 is 15.6 Å². The number of sulfonamides is 1. The van der Waals surface area contributed by atoms with Gasteiger partial charge in [0.25, 0.3) is 5.56 Å². The van der Waals surface area contributed by atoms with E-state index in [9.17, 15) is 18.0 Å². The summed E-state index contributed by atoms with van der Waals surface area (Å²) in [5.74, 6) is 0.205. The van der Waals surface area contributed by atoms with Crippen molar-refractivity contribution in [3.63, 3.8) is 0 Å². The minimum atomic E-state index is -3.82. The number of hydrogen-bond acceptors (Lipinski definition) is 8. The summed E-state index contributed by atoms with van der Waals surface area (Å²) in [6.07, 6.45) is 3.78. The molecular formula is C24H38N6O4S2. The molecule has 1 N–H and O–H groups in total. The van der Waals surface area contributed by atoms with E-state index in [1.54, 1.807) is 6.92 Å². The number of likely N-dealkylation sites (N-methyl/N-ethyl adjacent to an activating group) is 1. The lowest BCUT2D eigenvalue weighted by molar-refractivity contribution is -0.121. The molecular weight excluding hydrogens is 500 g/mol. The van der Waals surface area contributed by atoms with Gasteiger partial charge in [0, 0.05) is 50.7 Å². The molecule has 2 fully saturated rings. The Balaban J connectivity index is 1.40. The van der Waals surface area contributed by atoms with Crippen LogP contribution in [0.1, 0.15) is 38.0 Å². The Morgan fingerprint density at radius 2 is 1.81 bits per heavy atom. The highest BCUT2D eigenvalue weighted by Gasteiger charge is 2.33. The first kappa shape index (κ1) is 27.2. The number of nitrogens with zero attached hydrogens (tertiary/aromatic N) is 5. The Labute approximate surface area is 217 Å². The Morgan fingerprint density at radius 3 is 2.47 bits per heavy atom. The summed E-state index contributed by atoms with van der Waals surface area (Å²) >= 11 is 1.21. The third-order valence-corrected chi connectivity index (χ3v) is 10.6. The highest BCUT2D eigenvalue weighted by Crippen LogP contribution is 2.34. The second-order valence-electron chi connectivity index (χ2n) is 9.91. The van der Waals surface area contributed by atoms with Crippen molar-refractivity contribution in [3.8, 4) is 0 Å². The first-order chi connectivity index (χ1) is 17.2. The average Bonchev–Trinajstić information content (AvgIpc) is 3.21. The summed E-state index contributed by atoms with van der Waals surface area (Å²) in [6, 6.07) is 0. The van der Waals surface area contributed by atoms with Gasteiger partial charge in [0.05, 0.1) is 11.7 Å². The van der Waals surface area contributed by atoms with E-state index in [1.165, 1.54) is 26.5 Å². The number of carbonyl (C=O) groups is 1. The van der Waals surface area contributed by atoms with Crippen LogP contribution in [0.2, 0.25) is 0 Å². The molecule has 0 unspecified atom stereocenters. The Hall–Kier alpha value is -1.86. The van der Waals surface area contributed by atoms with Gasteiger partial charge in [-0.15, -0.1) is 11.3 Å². The van der Waals surface area contributed by atoms with Crippen molar-refractivity contribution >= 4 is 37.5 Å². The monoisotopic (exact) mass is 538 g/mol. The standard InChI is InChI=1S/C24H38N6O4S2/c1-4-27-12-14-28(15-13-27)9-5-8-25-20(31)16-29-17-26-23-21(24(29)32)22(19(3)35-23)36(33,34)30-10-6-18(2)7-11-30/h17-18H,4-16H2,1-3H3,(H,25,31). The van der Waals surface area contributed by atoms with Crippen molar-refractivity contribution in [2.75, 3.05) is 58.9 Å². The molecule has 36 heavy (non-hydrogen) atoms. The third kappa shape index (κ3) is 5.99. The van der Waals surface area contributed by atoms with Gasteiger partial charge in [0.1, 0.15) is 16.3 Å². The number of rotatable bonds is 9. The molecule has 12 heteroatoms. The topological polar surface area (TPSA) is 108 Å². The maximum absolute atomic E-state index is 13.5. The zero-order valence-electron chi connectivity index (χ0n) is 21.5. The first-order valence-corrected chi connectivity index (χ1v) is 15.2. The number of piperidine rings is 1. The largest absolute Gasteiger partial charge is 0.354 e. The first-order valence-electron chi connectivity index (χ1n) is 12.9. The normalized spacial score (nSPS) is 19.2. The van der Waals surface area contributed by atoms with Crippen LogP contribution in [0.5, 0.6) is 0 Å². The number of carbonyl (C=O) groups excluding carboxylic acids is 1. The molecule has 2 saturated heterocycles. The molecule has 0 bridgehead atoms. The number of nitrogens with one attached hydrogen (secondary N) is 1. The molecule has 4 rings (SSSR count). The summed E-state index contributed by atoms with van der Waals surface area (Å²) in [4.78, 5) is 36.0. The van der Waals surface area contributed by atoms with E-state index in [1.807, 2.05) is 0 Å². The van der Waals surface area contributed by atoms with E-state index in [0.717, 1.165) is 58.5 Å². The van der Waals surface area contributed by atoms with Crippen molar-refractivity contribution in [2.24, 2.45) is 5.92 Å². The van der Waals surface area contributed by atoms with E-state index >= 15 is 0 Å². The van der Waals surface area contributed by atoms with Crippen molar-refractivity contribution in [3.05, 3.63) is 21.6 Å². The van der Waals surface area contributed by atoms with Gasteiger partial charge in [-0.25, -0.2) is 13.4 Å². The lowest BCUT2D eigenvalue weighted by Gasteiger charge is -2.33. The molecule has 10 nitrogen and oxygen atoms in total. The lowest BCUT2D eigenvalue weighted by Crippen LogP contribution is -2.46. The van der Waals surface area contributed by atoms with Gasteiger partial charge in [-0.1, -0.05) is 13.8 Å². The van der Waals surface area contributed by atoms with Crippen LogP contribution in [0.15, 0.2) is 16.0 Å². The third-order valence-electron chi connectivity index (χ3n) is 7.34. The number of thiophene rings is 1. The molecule has 200 valence electrons. The van der Waals surface area contributed by atoms with E-state index in [0.29, 0.717) is 35.3 Å². The van der Waals surface area contributed by atoms with E-state index in [4.69, 9.17) is 0 Å². The Bertz CT molecular complexity index is 1230. The van der Waals surface area contributed by atoms with Crippen LogP contribution in [0.4, 0.5) is 0 Å². The second kappa shape index (κ2) is 11.7. The molecule has 0 aliphatic carbocycles. The minimum absolute atomic E-state index is 0.0486. The molecule has 0 radical (unpaired) electrons. The Kier molecular flexibility index (Phi) is 8.82. The van der Waals surface area contributed by atoms with Gasteiger partial charge in [-0.2, -0.15) is 4.31 Å². The van der Waals surface area contributed by atoms with Gasteiger partial charge < -0.3 is 15.1 Å². The highest BCUT2D eigenvalue weighted by atomic mass is 32.2. The maximum Gasteiger partial charge on any atom is 0.263 e. The van der Waals surface area contributed by atoms with Crippen molar-refractivity contribution in [1.29, 1.82) is 0 Å². The molecule has 2 aromatic rings. The predicted molar refractivity (Wildman–Crippen MR) is 142 cm³/mol. The number of hydrogen-bond donors (Lipinski definition) is 1. The van der Waals surface area contributed by atoms with Crippen LogP contribution in [-0.4, -0.2) is 96.9 Å². The number of amides is 1. The van der Waals surface area contributed by atoms with E-state index in [-0.39, 0.29) is 22.7 Å². The van der Waals surface area contributed by atoms with Gasteiger partial charge >= 0.3 is 0 Å². The van der Waals surface area contributed by atoms with Gasteiger partial charge in [-0.05, 0) is 45.2 Å². The number of piperazine rings is 1. The molecule has 4 heterocycles. The van der Waals surface area contributed by atoms with Crippen LogP contribution in [-0.2, 0) is 21.4 Å². The molecule has 0 saturated carbocycles. The quantitative estimate of drug-likeness (QED) is 0.480. The minimum Gasteiger partial charge on any atom is -0.354 e. The lowest BCUT2D eigenvalue weighted by atomic mass is 10.0. The number of fused-ring (bicyclic) bond motifs is 1. The van der Waals surface area contributed by atoms with Crippen LogP contribution >= 0.6 is 11.3 Å². The van der Waals surface area contributed by atoms with Gasteiger partial charge in [0.15, 0.2) is 0 Å². The van der Waals surface area contributed by atoms with Gasteiger partial charge in [-0.3, -0.25) is 14.2 Å². The fourth-order valence-electron chi connectivity index (χ4n) is 4.96. The van der Waals surface area contributed by atoms with Crippen LogP contribution < -0.4 is 10.9 Å². The zero-order chi connectivity index (χ0) is 25.9. The molecule has 2 aromatic heterocycles. The fraction of sp³-hybridized carbons (Fsp3) is 0.708. The van der Waals surface area contributed by atoms with Crippen molar-refractivity contribution < 1.29 is 13.2 Å². The van der Waals surface area contributed by atoms with Crippen molar-refractivity contribution in [1.82, 2.24) is 29.0 Å². The van der Waals surface area contributed by atoms with Crippen LogP contribution in [0.3, 0.4) is 0 Å². The molecule has 0 aromatic carbocycles. The number of aryl methyl sites for hydroxylation is 1. The smallest absolute Gasteiger partial charge is 0.263 e. The summed E-state index contributed by atoms with van der Waals surface area (Å²) < 4.78 is 29.7. The zero-order valence-corrected chi connectivity index (χ0v) is 23.2. The number of aromatic nitrogens is 2. The molecule has 2 aliphatic heterocycles. The Morgan fingerprint density at radius 1 is 1.14 bits per heavy atom. The molecule has 2 aliphatic rings. The fourth-order valence-corrected chi connectivity index (χ4v) is 8.10. The summed E-state index contributed by atoms with van der Waals surface area (Å²) in [5, 5.41) is 2.98. The van der Waals surface area contributed by atoms with Crippen LogP contribution in [0.25, 0.3) is 10.2 Å². The summed E-state index contributed by atoms with van der Waals surface area (Å²) in [5.41, 5.74) is -0.489. The van der Waals surface area contributed by atoms with E-state index in [2.05, 4.69) is 33.9 Å². The second-order valence-corrected chi connectivity index (χ2v) is 13.0. The SMILES string of the molecule is CCN1CCN(CCCNC(=O)Cn2cnc3sc(C)c(S(=O)(=O)N4CCC(C)CC4)c3c2=O)CC1. The van der Waals surface area contributed by atoms with Crippen LogP contribution in [0, 0.1) is 12.8 Å². The average molecular weight is 539 g/mol. The molecule has 0 spiro atoms. The summed E-state index contributed by atoms with van der Waals surface area (Å²) in [6.45, 7) is 13.5. The summed E-state index contributed by atoms with van der Waals surface area (Å²) in [7, 11) is -3.82. The highest BCUT2D eigenvalue weighted by molar-refractivity contribution is 7.89. The van der Waals surface area contributed by atoms with Crippen molar-refractivity contribution in [2.45, 2.75) is 51.5 Å².